The van der Waals surface area contributed by atoms with Gasteiger partial charge in [-0.15, -0.1) is 0 Å². The van der Waals surface area contributed by atoms with Crippen LogP contribution in [0.5, 0.6) is 0 Å². The number of amides is 2. The smallest absolute Gasteiger partial charge is 0.321 e. The number of nitriles is 1. The molecule has 1 fully saturated rings. The van der Waals surface area contributed by atoms with Gasteiger partial charge in [-0.25, -0.2) is 4.79 Å². The van der Waals surface area contributed by atoms with Gasteiger partial charge in [0.15, 0.2) is 0 Å². The number of nitrogens with one attached hydrogen (secondary N) is 1. The molecular formula is C14H13N5O2. The number of hydrogen-bond donors (Lipinski definition) is 1. The number of anilines is 1. The van der Waals surface area contributed by atoms with Gasteiger partial charge < -0.3 is 14.7 Å². The summed E-state index contributed by atoms with van der Waals surface area (Å²) < 4.78 is 4.69. The molecule has 3 rings (SSSR count). The van der Waals surface area contributed by atoms with Crippen LogP contribution in [0.4, 0.5) is 10.5 Å². The van der Waals surface area contributed by atoms with Crippen molar-refractivity contribution in [3.63, 3.8) is 0 Å². The van der Waals surface area contributed by atoms with Crippen LogP contribution in [0.15, 0.2) is 35.2 Å². The zero-order valence-electron chi connectivity index (χ0n) is 11.2. The maximum absolute atomic E-state index is 12.0. The Bertz CT molecular complexity index is 654. The molecule has 1 aromatic carbocycles. The summed E-state index contributed by atoms with van der Waals surface area (Å²) in [6, 6.07) is 9.18. The van der Waals surface area contributed by atoms with Gasteiger partial charge in [0, 0.05) is 36.7 Å². The van der Waals surface area contributed by atoms with Crippen LogP contribution in [0, 0.1) is 17.2 Å². The van der Waals surface area contributed by atoms with Crippen LogP contribution in [-0.4, -0.2) is 34.2 Å². The number of carbonyl (C=O) groups excluding carboxylic acids is 1. The number of benzene rings is 1. The molecule has 1 N–H and O–H groups in total. The molecule has 1 aliphatic rings. The molecule has 7 heteroatoms. The van der Waals surface area contributed by atoms with Crippen molar-refractivity contribution in [3.05, 3.63) is 30.7 Å². The highest BCUT2D eigenvalue weighted by Crippen LogP contribution is 2.21. The standard InChI is InChI=1S/C14H13N5O2/c15-6-5-10-7-19(8-10)14(20)17-12-3-1-11(2-4-12)13-16-9-21-18-13/h1-4,9-10H,5,7-8H2,(H,17,20). The fourth-order valence-corrected chi connectivity index (χ4v) is 2.20. The second-order valence-corrected chi connectivity index (χ2v) is 4.90. The van der Waals surface area contributed by atoms with Gasteiger partial charge in [0.25, 0.3) is 0 Å². The molecule has 1 aromatic heterocycles. The number of aromatic nitrogens is 2. The van der Waals surface area contributed by atoms with E-state index in [1.54, 1.807) is 17.0 Å². The quantitative estimate of drug-likeness (QED) is 0.930. The summed E-state index contributed by atoms with van der Waals surface area (Å²) in [6.07, 6.45) is 1.77. The largest absolute Gasteiger partial charge is 0.342 e. The molecule has 1 aliphatic heterocycles. The van der Waals surface area contributed by atoms with Crippen LogP contribution in [0.3, 0.4) is 0 Å². The first-order valence-corrected chi connectivity index (χ1v) is 6.56. The summed E-state index contributed by atoms with van der Waals surface area (Å²) >= 11 is 0. The third-order valence-corrected chi connectivity index (χ3v) is 3.38. The first-order chi connectivity index (χ1) is 10.3. The minimum atomic E-state index is -0.142. The molecule has 0 spiro atoms. The van der Waals surface area contributed by atoms with Gasteiger partial charge in [-0.3, -0.25) is 0 Å². The van der Waals surface area contributed by atoms with E-state index in [1.165, 1.54) is 6.39 Å². The topological polar surface area (TPSA) is 95.1 Å². The van der Waals surface area contributed by atoms with Crippen molar-refractivity contribution in [2.75, 3.05) is 18.4 Å². The lowest BCUT2D eigenvalue weighted by Gasteiger charge is -2.37. The lowest BCUT2D eigenvalue weighted by atomic mass is 9.98. The van der Waals surface area contributed by atoms with Gasteiger partial charge in [0.05, 0.1) is 6.07 Å². The van der Waals surface area contributed by atoms with Crippen molar-refractivity contribution < 1.29 is 9.32 Å². The Labute approximate surface area is 121 Å². The minimum absolute atomic E-state index is 0.142. The van der Waals surface area contributed by atoms with E-state index in [0.29, 0.717) is 36.9 Å². The van der Waals surface area contributed by atoms with Gasteiger partial charge in [0.1, 0.15) is 0 Å². The van der Waals surface area contributed by atoms with Crippen molar-refractivity contribution in [1.29, 1.82) is 5.26 Å². The molecule has 2 aromatic rings. The van der Waals surface area contributed by atoms with Crippen LogP contribution in [-0.2, 0) is 0 Å². The van der Waals surface area contributed by atoms with Crippen molar-refractivity contribution in [2.24, 2.45) is 5.92 Å². The van der Waals surface area contributed by atoms with E-state index in [9.17, 15) is 4.79 Å². The average Bonchev–Trinajstić information content (AvgIpc) is 2.97. The Kier molecular flexibility index (Phi) is 3.51. The van der Waals surface area contributed by atoms with Crippen molar-refractivity contribution >= 4 is 11.7 Å². The molecule has 0 aliphatic carbocycles. The highest BCUT2D eigenvalue weighted by atomic mass is 16.5. The predicted octanol–water partition coefficient (Wildman–Crippen LogP) is 2.11. The highest BCUT2D eigenvalue weighted by Gasteiger charge is 2.30. The molecule has 0 saturated carbocycles. The van der Waals surface area contributed by atoms with Crippen molar-refractivity contribution in [2.45, 2.75) is 6.42 Å². The fraction of sp³-hybridized carbons (Fsp3) is 0.286. The number of likely N-dealkylation sites (tertiary alicyclic amines) is 1. The summed E-state index contributed by atoms with van der Waals surface area (Å²) in [6.45, 7) is 1.28. The number of urea groups is 1. The third kappa shape index (κ3) is 2.84. The van der Waals surface area contributed by atoms with E-state index in [-0.39, 0.29) is 6.03 Å². The Morgan fingerprint density at radius 1 is 1.43 bits per heavy atom. The molecule has 0 unspecified atom stereocenters. The summed E-state index contributed by atoms with van der Waals surface area (Å²) in [7, 11) is 0. The van der Waals surface area contributed by atoms with Crippen LogP contribution >= 0.6 is 0 Å². The molecule has 2 heterocycles. The average molecular weight is 283 g/mol. The van der Waals surface area contributed by atoms with Crippen LogP contribution < -0.4 is 5.32 Å². The minimum Gasteiger partial charge on any atom is -0.342 e. The fourth-order valence-electron chi connectivity index (χ4n) is 2.20. The SMILES string of the molecule is N#CCC1CN(C(=O)Nc2ccc(-c3ncon3)cc2)C1. The molecule has 1 saturated heterocycles. The van der Waals surface area contributed by atoms with Gasteiger partial charge in [-0.05, 0) is 24.3 Å². The van der Waals surface area contributed by atoms with Crippen molar-refractivity contribution in [3.8, 4) is 17.5 Å². The number of nitrogens with zero attached hydrogens (tertiary/aromatic N) is 4. The summed E-state index contributed by atoms with van der Waals surface area (Å²) in [5.74, 6) is 0.816. The first kappa shape index (κ1) is 13.1. The van der Waals surface area contributed by atoms with Crippen LogP contribution in [0.2, 0.25) is 0 Å². The summed E-state index contributed by atoms with van der Waals surface area (Å²) in [5.41, 5.74) is 1.52. The maximum atomic E-state index is 12.0. The van der Waals surface area contributed by atoms with Gasteiger partial charge in [-0.1, -0.05) is 5.16 Å². The van der Waals surface area contributed by atoms with Gasteiger partial charge in [-0.2, -0.15) is 10.2 Å². The summed E-state index contributed by atoms with van der Waals surface area (Å²) in [4.78, 5) is 17.6. The Morgan fingerprint density at radius 3 is 2.81 bits per heavy atom. The van der Waals surface area contributed by atoms with E-state index in [4.69, 9.17) is 5.26 Å². The Hall–Kier alpha value is -2.88. The lowest BCUT2D eigenvalue weighted by molar-refractivity contribution is 0.133. The zero-order valence-corrected chi connectivity index (χ0v) is 11.2. The number of hydrogen-bond acceptors (Lipinski definition) is 5. The van der Waals surface area contributed by atoms with E-state index < -0.39 is 0 Å². The molecule has 0 bridgehead atoms. The van der Waals surface area contributed by atoms with E-state index >= 15 is 0 Å². The Balaban J connectivity index is 1.56. The highest BCUT2D eigenvalue weighted by molar-refractivity contribution is 5.90. The zero-order chi connectivity index (χ0) is 14.7. The third-order valence-electron chi connectivity index (χ3n) is 3.38. The normalized spacial score (nSPS) is 14.3. The second kappa shape index (κ2) is 5.63. The molecule has 0 atom stereocenters. The first-order valence-electron chi connectivity index (χ1n) is 6.56. The van der Waals surface area contributed by atoms with Crippen molar-refractivity contribution in [1.82, 2.24) is 15.0 Å². The van der Waals surface area contributed by atoms with Crippen LogP contribution in [0.25, 0.3) is 11.4 Å². The lowest BCUT2D eigenvalue weighted by Crippen LogP contribution is -2.51. The molecule has 7 nitrogen and oxygen atoms in total. The molecule has 0 radical (unpaired) electrons. The van der Waals surface area contributed by atoms with E-state index in [0.717, 1.165) is 5.56 Å². The predicted molar refractivity (Wildman–Crippen MR) is 74.0 cm³/mol. The maximum Gasteiger partial charge on any atom is 0.321 e. The van der Waals surface area contributed by atoms with Gasteiger partial charge >= 0.3 is 6.03 Å². The van der Waals surface area contributed by atoms with E-state index in [1.807, 2.05) is 12.1 Å². The number of rotatable bonds is 3. The number of carbonyl (C=O) groups is 1. The molecule has 21 heavy (non-hydrogen) atoms. The molecule has 106 valence electrons. The molecule has 2 amide bonds. The monoisotopic (exact) mass is 283 g/mol. The second-order valence-electron chi connectivity index (χ2n) is 4.90. The van der Waals surface area contributed by atoms with Gasteiger partial charge in [0.2, 0.25) is 12.2 Å². The molecular weight excluding hydrogens is 270 g/mol. The Morgan fingerprint density at radius 2 is 2.19 bits per heavy atom. The van der Waals surface area contributed by atoms with E-state index in [2.05, 4.69) is 26.0 Å². The summed E-state index contributed by atoms with van der Waals surface area (Å²) in [5, 5.41) is 15.1. The van der Waals surface area contributed by atoms with Crippen LogP contribution in [0.1, 0.15) is 6.42 Å².